The van der Waals surface area contributed by atoms with E-state index in [9.17, 15) is 9.90 Å². The molecule has 3 rings (SSSR count). The summed E-state index contributed by atoms with van der Waals surface area (Å²) in [6.07, 6.45) is 1.73. The minimum atomic E-state index is -0.491. The zero-order valence-electron chi connectivity index (χ0n) is 11.9. The highest BCUT2D eigenvalue weighted by Crippen LogP contribution is 2.30. The molecule has 5 heteroatoms. The van der Waals surface area contributed by atoms with Crippen molar-refractivity contribution in [2.24, 2.45) is 0 Å². The molecule has 1 aromatic carbocycles. The molecule has 0 bridgehead atoms. The summed E-state index contributed by atoms with van der Waals surface area (Å²) in [6.45, 7) is 2.49. The van der Waals surface area contributed by atoms with Gasteiger partial charge in [-0.05, 0) is 6.42 Å². The zero-order chi connectivity index (χ0) is 14.8. The van der Waals surface area contributed by atoms with Gasteiger partial charge in [-0.3, -0.25) is 4.79 Å². The molecule has 2 heterocycles. The van der Waals surface area contributed by atoms with Crippen molar-refractivity contribution >= 4 is 5.78 Å². The summed E-state index contributed by atoms with van der Waals surface area (Å²) in [5.41, 5.74) is 2.09. The summed E-state index contributed by atoms with van der Waals surface area (Å²) >= 11 is 0. The van der Waals surface area contributed by atoms with Crippen molar-refractivity contribution in [1.82, 2.24) is 9.55 Å². The first-order valence-corrected chi connectivity index (χ1v) is 7.07. The van der Waals surface area contributed by atoms with Crippen LogP contribution in [-0.4, -0.2) is 39.8 Å². The average Bonchev–Trinajstić information content (AvgIpc) is 2.93. The molecule has 2 unspecified atom stereocenters. The third kappa shape index (κ3) is 2.62. The Morgan fingerprint density at radius 3 is 2.81 bits per heavy atom. The molecule has 2 aromatic rings. The van der Waals surface area contributed by atoms with Crippen molar-refractivity contribution in [3.8, 4) is 11.3 Å². The van der Waals surface area contributed by atoms with Gasteiger partial charge in [-0.1, -0.05) is 30.3 Å². The lowest BCUT2D eigenvalue weighted by molar-refractivity contribution is -0.0285. The molecular formula is C16H18N2O3. The van der Waals surface area contributed by atoms with Crippen LogP contribution in [0, 0.1) is 0 Å². The molecule has 1 aliphatic rings. The maximum Gasteiger partial charge on any atom is 0.180 e. The smallest absolute Gasteiger partial charge is 0.180 e. The summed E-state index contributed by atoms with van der Waals surface area (Å²) < 4.78 is 7.34. The average molecular weight is 286 g/mol. The number of carbonyl (C=O) groups excluding carboxylic acids is 1. The lowest BCUT2D eigenvalue weighted by Crippen LogP contribution is -2.34. The van der Waals surface area contributed by atoms with Gasteiger partial charge in [0, 0.05) is 19.1 Å². The van der Waals surface area contributed by atoms with Crippen LogP contribution < -0.4 is 0 Å². The number of hydrogen-bond acceptors (Lipinski definition) is 4. The monoisotopic (exact) mass is 286 g/mol. The number of aliphatic hydroxyl groups is 1. The van der Waals surface area contributed by atoms with Gasteiger partial charge in [-0.15, -0.1) is 0 Å². The Kier molecular flexibility index (Phi) is 3.86. The van der Waals surface area contributed by atoms with Crippen LogP contribution in [-0.2, 0) is 4.74 Å². The molecule has 1 aromatic heterocycles. The minimum Gasteiger partial charge on any atom is -0.391 e. The number of Topliss-reactive ketones (excluding diaryl/α,β-unsaturated/α-hetero) is 1. The van der Waals surface area contributed by atoms with Crippen molar-refractivity contribution in [3.63, 3.8) is 0 Å². The van der Waals surface area contributed by atoms with Gasteiger partial charge >= 0.3 is 0 Å². The molecule has 0 aliphatic carbocycles. The SMILES string of the molecule is CC(=O)c1ncn(C2COCCC2O)c1-c1ccccc1. The number of ketones is 1. The summed E-state index contributed by atoms with van der Waals surface area (Å²) in [5.74, 6) is -0.0844. The summed E-state index contributed by atoms with van der Waals surface area (Å²) in [7, 11) is 0. The van der Waals surface area contributed by atoms with E-state index in [0.29, 0.717) is 25.3 Å². The predicted molar refractivity (Wildman–Crippen MR) is 78.1 cm³/mol. The van der Waals surface area contributed by atoms with Crippen molar-refractivity contribution in [1.29, 1.82) is 0 Å². The highest BCUT2D eigenvalue weighted by Gasteiger charge is 2.29. The van der Waals surface area contributed by atoms with Crippen LogP contribution >= 0.6 is 0 Å². The van der Waals surface area contributed by atoms with Gasteiger partial charge in [0.2, 0.25) is 0 Å². The van der Waals surface area contributed by atoms with E-state index in [4.69, 9.17) is 4.74 Å². The van der Waals surface area contributed by atoms with Crippen molar-refractivity contribution < 1.29 is 14.6 Å². The van der Waals surface area contributed by atoms with Crippen LogP contribution in [0.1, 0.15) is 29.9 Å². The molecule has 0 amide bonds. The Morgan fingerprint density at radius 2 is 2.14 bits per heavy atom. The lowest BCUT2D eigenvalue weighted by Gasteiger charge is -2.30. The Labute approximate surface area is 123 Å². The van der Waals surface area contributed by atoms with E-state index >= 15 is 0 Å². The van der Waals surface area contributed by atoms with E-state index in [1.165, 1.54) is 6.92 Å². The molecule has 2 atom stereocenters. The number of aliphatic hydroxyl groups excluding tert-OH is 1. The first-order chi connectivity index (χ1) is 10.2. The molecular weight excluding hydrogens is 268 g/mol. The maximum atomic E-state index is 11.8. The number of carbonyl (C=O) groups is 1. The summed E-state index contributed by atoms with van der Waals surface area (Å²) in [6, 6.07) is 9.44. The molecule has 1 N–H and O–H groups in total. The van der Waals surface area contributed by atoms with Crippen LogP contribution in [0.15, 0.2) is 36.7 Å². The number of benzene rings is 1. The molecule has 1 fully saturated rings. The number of aromatic nitrogens is 2. The van der Waals surface area contributed by atoms with Crippen molar-refractivity contribution in [2.45, 2.75) is 25.5 Å². The quantitative estimate of drug-likeness (QED) is 0.877. The van der Waals surface area contributed by atoms with Gasteiger partial charge in [0.1, 0.15) is 5.69 Å². The molecule has 1 saturated heterocycles. The first-order valence-electron chi connectivity index (χ1n) is 7.07. The molecule has 1 aliphatic heterocycles. The predicted octanol–water partition coefficient (Wildman–Crippen LogP) is 2.08. The van der Waals surface area contributed by atoms with Gasteiger partial charge in [-0.25, -0.2) is 4.98 Å². The second kappa shape index (κ2) is 5.79. The van der Waals surface area contributed by atoms with Crippen LogP contribution in [0.2, 0.25) is 0 Å². The van der Waals surface area contributed by atoms with Gasteiger partial charge in [0.05, 0.1) is 30.8 Å². The molecule has 0 saturated carbocycles. The van der Waals surface area contributed by atoms with Crippen LogP contribution in [0.25, 0.3) is 11.3 Å². The third-order valence-corrected chi connectivity index (χ3v) is 3.82. The largest absolute Gasteiger partial charge is 0.391 e. The van der Waals surface area contributed by atoms with Crippen LogP contribution in [0.5, 0.6) is 0 Å². The first kappa shape index (κ1) is 14.0. The molecule has 0 spiro atoms. The van der Waals surface area contributed by atoms with Crippen LogP contribution in [0.3, 0.4) is 0 Å². The summed E-state index contributed by atoms with van der Waals surface area (Å²) in [4.78, 5) is 16.1. The highest BCUT2D eigenvalue weighted by molar-refractivity contribution is 5.98. The number of ether oxygens (including phenoxy) is 1. The second-order valence-corrected chi connectivity index (χ2v) is 5.27. The number of nitrogens with zero attached hydrogens (tertiary/aromatic N) is 2. The fourth-order valence-corrected chi connectivity index (χ4v) is 2.73. The normalized spacial score (nSPS) is 22.2. The van der Waals surface area contributed by atoms with Crippen LogP contribution in [0.4, 0.5) is 0 Å². The van der Waals surface area contributed by atoms with E-state index in [2.05, 4.69) is 4.98 Å². The second-order valence-electron chi connectivity index (χ2n) is 5.27. The number of imidazole rings is 1. The van der Waals surface area contributed by atoms with E-state index in [-0.39, 0.29) is 11.8 Å². The Bertz CT molecular complexity index is 636. The van der Waals surface area contributed by atoms with E-state index < -0.39 is 6.10 Å². The Hall–Kier alpha value is -1.98. The third-order valence-electron chi connectivity index (χ3n) is 3.82. The molecule has 21 heavy (non-hydrogen) atoms. The number of rotatable bonds is 3. The summed E-state index contributed by atoms with van der Waals surface area (Å²) in [5, 5.41) is 10.2. The molecule has 5 nitrogen and oxygen atoms in total. The zero-order valence-corrected chi connectivity index (χ0v) is 11.9. The van der Waals surface area contributed by atoms with Gasteiger partial charge in [-0.2, -0.15) is 0 Å². The van der Waals surface area contributed by atoms with Crippen molar-refractivity contribution in [3.05, 3.63) is 42.4 Å². The van der Waals surface area contributed by atoms with E-state index in [1.54, 1.807) is 6.33 Å². The van der Waals surface area contributed by atoms with Gasteiger partial charge < -0.3 is 14.4 Å². The maximum absolute atomic E-state index is 11.8. The van der Waals surface area contributed by atoms with E-state index in [0.717, 1.165) is 11.3 Å². The molecule has 0 radical (unpaired) electrons. The molecule has 110 valence electrons. The fourth-order valence-electron chi connectivity index (χ4n) is 2.73. The van der Waals surface area contributed by atoms with Crippen molar-refractivity contribution in [2.75, 3.05) is 13.2 Å². The Balaban J connectivity index is 2.11. The topological polar surface area (TPSA) is 64.4 Å². The lowest BCUT2D eigenvalue weighted by atomic mass is 10.0. The van der Waals surface area contributed by atoms with E-state index in [1.807, 2.05) is 34.9 Å². The number of hydrogen-bond donors (Lipinski definition) is 1. The Morgan fingerprint density at radius 1 is 1.38 bits per heavy atom. The van der Waals surface area contributed by atoms with Gasteiger partial charge in [0.15, 0.2) is 5.78 Å². The minimum absolute atomic E-state index is 0.0844. The van der Waals surface area contributed by atoms with Gasteiger partial charge in [0.25, 0.3) is 0 Å². The fraction of sp³-hybridized carbons (Fsp3) is 0.375. The standard InChI is InChI=1S/C16H18N2O3/c1-11(19)15-16(12-5-3-2-4-6-12)18(10-17-15)13-9-21-8-7-14(13)20/h2-6,10,13-14,20H,7-9H2,1H3. The highest BCUT2D eigenvalue weighted by atomic mass is 16.5.